The molecular weight excluding hydrogens is 457 g/mol. The maximum Gasteiger partial charge on any atom is 0.191 e. The summed E-state index contributed by atoms with van der Waals surface area (Å²) in [5, 5.41) is 6.61. The highest BCUT2D eigenvalue weighted by atomic mass is 127. The number of imidazole rings is 1. The molecule has 0 saturated heterocycles. The molecule has 27 heavy (non-hydrogen) atoms. The third kappa shape index (κ3) is 8.51. The molecule has 1 unspecified atom stereocenters. The van der Waals surface area contributed by atoms with E-state index in [2.05, 4.69) is 32.1 Å². The van der Waals surface area contributed by atoms with Crippen molar-refractivity contribution < 1.29 is 9.47 Å². The minimum absolute atomic E-state index is 0. The highest BCUT2D eigenvalue weighted by Crippen LogP contribution is 2.26. The SMILES string of the molecule is CCNC(=NCC(C)Oc1ccccc1OC)NCCCn1ccnc1.I. The van der Waals surface area contributed by atoms with Crippen LogP contribution < -0.4 is 20.1 Å². The summed E-state index contributed by atoms with van der Waals surface area (Å²) in [6.07, 6.45) is 6.52. The first-order chi connectivity index (χ1) is 12.7. The number of rotatable bonds is 10. The van der Waals surface area contributed by atoms with Gasteiger partial charge in [0.05, 0.1) is 20.0 Å². The van der Waals surface area contributed by atoms with E-state index in [4.69, 9.17) is 9.47 Å². The molecule has 7 nitrogen and oxygen atoms in total. The summed E-state index contributed by atoms with van der Waals surface area (Å²) >= 11 is 0. The standard InChI is InChI=1S/C19H29N5O2.HI/c1-4-21-19(22-10-7-12-24-13-11-20-15-24)23-14-16(2)26-18-9-6-5-8-17(18)25-3;/h5-6,8-9,11,13,15-16H,4,7,10,12,14H2,1-3H3,(H2,21,22,23);1H. The van der Waals surface area contributed by atoms with E-state index in [9.17, 15) is 0 Å². The van der Waals surface area contributed by atoms with Gasteiger partial charge >= 0.3 is 0 Å². The van der Waals surface area contributed by atoms with Crippen molar-refractivity contribution in [3.05, 3.63) is 43.0 Å². The number of ether oxygens (including phenoxy) is 2. The van der Waals surface area contributed by atoms with Gasteiger partial charge in [-0.05, 0) is 32.4 Å². The van der Waals surface area contributed by atoms with Gasteiger partial charge in [0.15, 0.2) is 17.5 Å². The minimum Gasteiger partial charge on any atom is -0.493 e. The van der Waals surface area contributed by atoms with Crippen molar-refractivity contribution in [2.75, 3.05) is 26.7 Å². The molecule has 150 valence electrons. The first kappa shape index (κ1) is 23.1. The second-order valence-electron chi connectivity index (χ2n) is 5.88. The summed E-state index contributed by atoms with van der Waals surface area (Å²) in [7, 11) is 1.64. The van der Waals surface area contributed by atoms with Crippen LogP contribution in [0, 0.1) is 0 Å². The Labute approximate surface area is 178 Å². The zero-order chi connectivity index (χ0) is 18.6. The summed E-state index contributed by atoms with van der Waals surface area (Å²) in [5.41, 5.74) is 0. The molecule has 0 saturated carbocycles. The molecule has 0 aliphatic rings. The van der Waals surface area contributed by atoms with Crippen LogP contribution in [0.5, 0.6) is 11.5 Å². The van der Waals surface area contributed by atoms with E-state index >= 15 is 0 Å². The Hall–Kier alpha value is -1.97. The van der Waals surface area contributed by atoms with E-state index in [1.54, 1.807) is 13.3 Å². The second-order valence-corrected chi connectivity index (χ2v) is 5.88. The number of hydrogen-bond acceptors (Lipinski definition) is 4. The van der Waals surface area contributed by atoms with Crippen LogP contribution in [0.2, 0.25) is 0 Å². The second kappa shape index (κ2) is 13.2. The smallest absolute Gasteiger partial charge is 0.191 e. The maximum absolute atomic E-state index is 5.94. The molecule has 8 heteroatoms. The van der Waals surface area contributed by atoms with Gasteiger partial charge in [0.1, 0.15) is 6.10 Å². The molecule has 0 aliphatic heterocycles. The zero-order valence-corrected chi connectivity index (χ0v) is 18.6. The lowest BCUT2D eigenvalue weighted by molar-refractivity contribution is 0.219. The van der Waals surface area contributed by atoms with Gasteiger partial charge in [-0.25, -0.2) is 9.98 Å². The van der Waals surface area contributed by atoms with Gasteiger partial charge in [-0.2, -0.15) is 0 Å². The molecule has 1 atom stereocenters. The van der Waals surface area contributed by atoms with Gasteiger partial charge < -0.3 is 24.7 Å². The molecule has 0 amide bonds. The number of benzene rings is 1. The molecule has 1 aromatic heterocycles. The number of guanidine groups is 1. The van der Waals surface area contributed by atoms with Crippen molar-refractivity contribution in [1.29, 1.82) is 0 Å². The quantitative estimate of drug-likeness (QED) is 0.234. The normalized spacial score (nSPS) is 12.0. The fourth-order valence-corrected chi connectivity index (χ4v) is 2.42. The Morgan fingerprint density at radius 1 is 1.26 bits per heavy atom. The molecule has 2 aromatic rings. The van der Waals surface area contributed by atoms with E-state index in [0.29, 0.717) is 6.54 Å². The molecule has 1 heterocycles. The van der Waals surface area contributed by atoms with Crippen LogP contribution in [0.15, 0.2) is 48.0 Å². The molecule has 2 rings (SSSR count). The van der Waals surface area contributed by atoms with Gasteiger partial charge in [0.25, 0.3) is 0 Å². The number of hydrogen-bond donors (Lipinski definition) is 2. The zero-order valence-electron chi connectivity index (χ0n) is 16.2. The Balaban J connectivity index is 0.00000364. The van der Waals surface area contributed by atoms with Gasteiger partial charge in [-0.15, -0.1) is 24.0 Å². The maximum atomic E-state index is 5.94. The number of aliphatic imine (C=N–C) groups is 1. The van der Waals surface area contributed by atoms with Crippen molar-refractivity contribution >= 4 is 29.9 Å². The Morgan fingerprint density at radius 3 is 2.70 bits per heavy atom. The van der Waals surface area contributed by atoms with Crippen molar-refractivity contribution in [3.63, 3.8) is 0 Å². The number of aromatic nitrogens is 2. The van der Waals surface area contributed by atoms with Crippen LogP contribution in [0.25, 0.3) is 0 Å². The van der Waals surface area contributed by atoms with Crippen LogP contribution >= 0.6 is 24.0 Å². The highest BCUT2D eigenvalue weighted by molar-refractivity contribution is 14.0. The highest BCUT2D eigenvalue weighted by Gasteiger charge is 2.08. The lowest BCUT2D eigenvalue weighted by Crippen LogP contribution is -2.38. The third-order valence-corrected chi connectivity index (χ3v) is 3.69. The average Bonchev–Trinajstić information content (AvgIpc) is 3.17. The molecule has 0 radical (unpaired) electrons. The van der Waals surface area contributed by atoms with Crippen molar-refractivity contribution in [2.45, 2.75) is 32.9 Å². The molecule has 2 N–H and O–H groups in total. The number of aryl methyl sites for hydroxylation is 1. The lowest BCUT2D eigenvalue weighted by Gasteiger charge is -2.16. The first-order valence-corrected chi connectivity index (χ1v) is 9.00. The summed E-state index contributed by atoms with van der Waals surface area (Å²) in [6, 6.07) is 7.64. The predicted octanol–water partition coefficient (Wildman–Crippen LogP) is 2.92. The number of methoxy groups -OCH3 is 1. The van der Waals surface area contributed by atoms with Gasteiger partial charge in [-0.1, -0.05) is 12.1 Å². The van der Waals surface area contributed by atoms with Gasteiger partial charge in [0, 0.05) is 32.0 Å². The lowest BCUT2D eigenvalue weighted by atomic mass is 10.3. The van der Waals surface area contributed by atoms with Crippen LogP contribution in [0.3, 0.4) is 0 Å². The average molecular weight is 487 g/mol. The Morgan fingerprint density at radius 2 is 2.04 bits per heavy atom. The Bertz CT molecular complexity index is 664. The predicted molar refractivity (Wildman–Crippen MR) is 119 cm³/mol. The fourth-order valence-electron chi connectivity index (χ4n) is 2.42. The molecular formula is C19H30IN5O2. The van der Waals surface area contributed by atoms with E-state index in [-0.39, 0.29) is 30.1 Å². The van der Waals surface area contributed by atoms with E-state index in [1.807, 2.05) is 43.7 Å². The van der Waals surface area contributed by atoms with E-state index < -0.39 is 0 Å². The molecule has 1 aromatic carbocycles. The monoisotopic (exact) mass is 487 g/mol. The summed E-state index contributed by atoms with van der Waals surface area (Å²) in [5.74, 6) is 2.26. The largest absolute Gasteiger partial charge is 0.493 e. The van der Waals surface area contributed by atoms with Crippen LogP contribution in [-0.2, 0) is 6.54 Å². The Kier molecular flexibility index (Phi) is 11.3. The number of nitrogens with zero attached hydrogens (tertiary/aromatic N) is 3. The van der Waals surface area contributed by atoms with Crippen LogP contribution in [0.4, 0.5) is 0 Å². The number of nitrogens with one attached hydrogen (secondary N) is 2. The van der Waals surface area contributed by atoms with Crippen molar-refractivity contribution in [3.8, 4) is 11.5 Å². The topological polar surface area (TPSA) is 72.7 Å². The summed E-state index contributed by atoms with van der Waals surface area (Å²) in [4.78, 5) is 8.65. The van der Waals surface area contributed by atoms with Crippen molar-refractivity contribution in [1.82, 2.24) is 20.2 Å². The number of halogens is 1. The van der Waals surface area contributed by atoms with Gasteiger partial charge in [-0.3, -0.25) is 0 Å². The fraction of sp³-hybridized carbons (Fsp3) is 0.474. The van der Waals surface area contributed by atoms with E-state index in [1.165, 1.54) is 0 Å². The van der Waals surface area contributed by atoms with Crippen molar-refractivity contribution in [2.24, 2.45) is 4.99 Å². The first-order valence-electron chi connectivity index (χ1n) is 9.00. The van der Waals surface area contributed by atoms with Crippen LogP contribution in [-0.4, -0.2) is 48.4 Å². The molecule has 0 aliphatic carbocycles. The van der Waals surface area contributed by atoms with E-state index in [0.717, 1.165) is 43.5 Å². The molecule has 0 spiro atoms. The van der Waals surface area contributed by atoms with Gasteiger partial charge in [0.2, 0.25) is 0 Å². The van der Waals surface area contributed by atoms with Crippen LogP contribution in [0.1, 0.15) is 20.3 Å². The molecule has 0 fully saturated rings. The summed E-state index contributed by atoms with van der Waals surface area (Å²) in [6.45, 7) is 7.19. The number of para-hydroxylation sites is 2. The molecule has 0 bridgehead atoms. The minimum atomic E-state index is -0.0623. The third-order valence-electron chi connectivity index (χ3n) is 3.69. The summed E-state index contributed by atoms with van der Waals surface area (Å²) < 4.78 is 13.3.